The number of nitrogens with one attached hydrogen (secondary N) is 1. The Morgan fingerprint density at radius 1 is 0.950 bits per heavy atom. The fourth-order valence-electron chi connectivity index (χ4n) is 5.46. The minimum atomic E-state index is -3.62. The molecular formula is C29H33N3O6S2. The van der Waals surface area contributed by atoms with E-state index in [1.807, 2.05) is 18.2 Å². The van der Waals surface area contributed by atoms with E-state index in [1.54, 1.807) is 42.8 Å². The number of thiophene rings is 1. The molecule has 1 atom stereocenters. The summed E-state index contributed by atoms with van der Waals surface area (Å²) in [6.45, 7) is 1.86. The Morgan fingerprint density at radius 2 is 1.73 bits per heavy atom. The second-order valence-electron chi connectivity index (χ2n) is 9.83. The van der Waals surface area contributed by atoms with Gasteiger partial charge in [0.15, 0.2) is 11.5 Å². The molecule has 2 aliphatic rings. The zero-order valence-electron chi connectivity index (χ0n) is 22.6. The third kappa shape index (κ3) is 5.45. The van der Waals surface area contributed by atoms with Crippen LogP contribution in [0.4, 0.5) is 5.69 Å². The third-order valence-corrected chi connectivity index (χ3v) is 10.3. The number of anilines is 1. The number of ether oxygens (including phenoxy) is 2. The Morgan fingerprint density at radius 3 is 2.42 bits per heavy atom. The van der Waals surface area contributed by atoms with Crippen LogP contribution in [-0.2, 0) is 10.0 Å². The number of methoxy groups -OCH3 is 2. The van der Waals surface area contributed by atoms with Gasteiger partial charge in [-0.3, -0.25) is 14.5 Å². The van der Waals surface area contributed by atoms with Gasteiger partial charge in [-0.05, 0) is 73.4 Å². The van der Waals surface area contributed by atoms with Gasteiger partial charge < -0.3 is 14.4 Å². The van der Waals surface area contributed by atoms with Crippen LogP contribution < -0.4 is 19.1 Å². The average Bonchev–Trinajstić information content (AvgIpc) is 3.62. The van der Waals surface area contributed by atoms with E-state index < -0.39 is 16.1 Å². The van der Waals surface area contributed by atoms with Gasteiger partial charge in [-0.15, -0.1) is 11.3 Å². The highest BCUT2D eigenvalue weighted by Gasteiger charge is 2.42. The number of benzene rings is 2. The molecule has 0 radical (unpaired) electrons. The molecule has 5 rings (SSSR count). The molecule has 11 heteroatoms. The lowest BCUT2D eigenvalue weighted by Crippen LogP contribution is -2.35. The molecule has 9 nitrogen and oxygen atoms in total. The SMILES string of the molecule is COc1ccc([C@@H](CCCNS(=O)(=O)c2cccs2)N2C(=O)c3cccc(N4CCCCC4)c3C2=O)cc1OC. The first kappa shape index (κ1) is 28.1. The second kappa shape index (κ2) is 12.0. The minimum absolute atomic E-state index is 0.159. The van der Waals surface area contributed by atoms with Crippen LogP contribution in [0.3, 0.4) is 0 Å². The molecule has 1 N–H and O–H groups in total. The van der Waals surface area contributed by atoms with E-state index in [4.69, 9.17) is 9.47 Å². The van der Waals surface area contributed by atoms with Crippen molar-refractivity contribution in [1.29, 1.82) is 0 Å². The van der Waals surface area contributed by atoms with E-state index >= 15 is 0 Å². The summed E-state index contributed by atoms with van der Waals surface area (Å²) in [6.07, 6.45) is 4.00. The molecule has 2 aliphatic heterocycles. The number of hydrogen-bond donors (Lipinski definition) is 1. The summed E-state index contributed by atoms with van der Waals surface area (Å²) < 4.78 is 39.0. The zero-order chi connectivity index (χ0) is 28.3. The number of carbonyl (C=O) groups is 2. The zero-order valence-corrected chi connectivity index (χ0v) is 24.2. The molecule has 1 saturated heterocycles. The molecule has 0 spiro atoms. The molecule has 1 aromatic heterocycles. The van der Waals surface area contributed by atoms with Gasteiger partial charge in [-0.1, -0.05) is 18.2 Å². The third-order valence-electron chi connectivity index (χ3n) is 7.43. The number of amides is 2. The van der Waals surface area contributed by atoms with E-state index in [9.17, 15) is 18.0 Å². The van der Waals surface area contributed by atoms with Crippen LogP contribution in [0, 0.1) is 0 Å². The first-order valence-corrected chi connectivity index (χ1v) is 15.7. The highest BCUT2D eigenvalue weighted by molar-refractivity contribution is 7.91. The van der Waals surface area contributed by atoms with Crippen LogP contribution in [0.15, 0.2) is 58.1 Å². The van der Waals surface area contributed by atoms with Gasteiger partial charge >= 0.3 is 0 Å². The molecule has 0 aliphatic carbocycles. The van der Waals surface area contributed by atoms with Crippen molar-refractivity contribution in [2.45, 2.75) is 42.4 Å². The second-order valence-corrected chi connectivity index (χ2v) is 12.8. The number of sulfonamides is 1. The van der Waals surface area contributed by atoms with Gasteiger partial charge in [0.25, 0.3) is 11.8 Å². The highest BCUT2D eigenvalue weighted by Crippen LogP contribution is 2.40. The van der Waals surface area contributed by atoms with Crippen LogP contribution in [0.5, 0.6) is 11.5 Å². The predicted molar refractivity (Wildman–Crippen MR) is 154 cm³/mol. The number of imide groups is 1. The van der Waals surface area contributed by atoms with Crippen molar-refractivity contribution in [3.8, 4) is 11.5 Å². The topological polar surface area (TPSA) is 105 Å². The van der Waals surface area contributed by atoms with E-state index in [1.165, 1.54) is 12.0 Å². The van der Waals surface area contributed by atoms with Crippen molar-refractivity contribution in [2.75, 3.05) is 38.8 Å². The van der Waals surface area contributed by atoms with Gasteiger partial charge in [0.2, 0.25) is 10.0 Å². The van der Waals surface area contributed by atoms with Crippen LogP contribution >= 0.6 is 11.3 Å². The van der Waals surface area contributed by atoms with Crippen molar-refractivity contribution in [3.05, 3.63) is 70.6 Å². The fraction of sp³-hybridized carbons (Fsp3) is 0.379. The summed E-state index contributed by atoms with van der Waals surface area (Å²) in [5.41, 5.74) is 2.34. The Hall–Kier alpha value is -3.41. The Labute approximate surface area is 238 Å². The molecule has 0 unspecified atom stereocenters. The summed E-state index contributed by atoms with van der Waals surface area (Å²) in [5, 5.41) is 1.71. The van der Waals surface area contributed by atoms with Gasteiger partial charge in [0.05, 0.1) is 37.1 Å². The number of rotatable bonds is 11. The average molecular weight is 584 g/mol. The van der Waals surface area contributed by atoms with Crippen molar-refractivity contribution in [2.24, 2.45) is 0 Å². The number of nitrogens with zero attached hydrogens (tertiary/aromatic N) is 2. The molecule has 2 amide bonds. The molecular weight excluding hydrogens is 550 g/mol. The molecule has 2 aromatic carbocycles. The molecule has 1 fully saturated rings. The minimum Gasteiger partial charge on any atom is -0.493 e. The summed E-state index contributed by atoms with van der Waals surface area (Å²) in [6, 6.07) is 13.4. The quantitative estimate of drug-likeness (QED) is 0.254. The molecule has 3 aromatic rings. The fourth-order valence-corrected chi connectivity index (χ4v) is 7.57. The summed E-state index contributed by atoms with van der Waals surface area (Å²) in [4.78, 5) is 31.3. The van der Waals surface area contributed by atoms with E-state index in [2.05, 4.69) is 9.62 Å². The summed E-state index contributed by atoms with van der Waals surface area (Å²) >= 11 is 1.15. The van der Waals surface area contributed by atoms with Crippen molar-refractivity contribution < 1.29 is 27.5 Å². The largest absolute Gasteiger partial charge is 0.493 e. The molecule has 3 heterocycles. The molecule has 0 bridgehead atoms. The van der Waals surface area contributed by atoms with Crippen LogP contribution in [-0.4, -0.2) is 59.0 Å². The number of carbonyl (C=O) groups excluding carboxylic acids is 2. The maximum absolute atomic E-state index is 14.0. The predicted octanol–water partition coefficient (Wildman–Crippen LogP) is 4.85. The van der Waals surface area contributed by atoms with Gasteiger partial charge in [-0.25, -0.2) is 13.1 Å². The first-order valence-electron chi connectivity index (χ1n) is 13.4. The number of fused-ring (bicyclic) bond motifs is 1. The lowest BCUT2D eigenvalue weighted by molar-refractivity contribution is 0.0572. The van der Waals surface area contributed by atoms with E-state index in [0.717, 1.165) is 49.4 Å². The van der Waals surface area contributed by atoms with Crippen LogP contribution in [0.25, 0.3) is 0 Å². The standard InChI is InChI=1S/C29H33N3O6S2/c1-37-24-14-13-20(19-25(24)38-2)22(11-7-15-30-40(35,36)26-12-8-18-39-26)32-28(33)21-9-6-10-23(27(21)29(32)34)31-16-4-3-5-17-31/h6,8-10,12-14,18-19,22,30H,3-5,7,11,15-17H2,1-2H3/t22-/m1/s1. The van der Waals surface area contributed by atoms with Gasteiger partial charge in [0.1, 0.15) is 4.21 Å². The van der Waals surface area contributed by atoms with Gasteiger partial charge in [0, 0.05) is 19.6 Å². The Bertz CT molecular complexity index is 1480. The normalized spacial score (nSPS) is 16.2. The molecule has 0 saturated carbocycles. The molecule has 212 valence electrons. The number of hydrogen-bond acceptors (Lipinski definition) is 8. The number of piperidine rings is 1. The smallest absolute Gasteiger partial charge is 0.264 e. The lowest BCUT2D eigenvalue weighted by Gasteiger charge is -2.30. The Balaban J connectivity index is 1.44. The Kier molecular flexibility index (Phi) is 8.43. The lowest BCUT2D eigenvalue weighted by atomic mass is 9.99. The van der Waals surface area contributed by atoms with E-state index in [0.29, 0.717) is 41.0 Å². The monoisotopic (exact) mass is 583 g/mol. The summed E-state index contributed by atoms with van der Waals surface area (Å²) in [5.74, 6) is 0.329. The van der Waals surface area contributed by atoms with Crippen molar-refractivity contribution in [3.63, 3.8) is 0 Å². The van der Waals surface area contributed by atoms with Crippen LogP contribution in [0.2, 0.25) is 0 Å². The highest BCUT2D eigenvalue weighted by atomic mass is 32.2. The van der Waals surface area contributed by atoms with Crippen molar-refractivity contribution >= 4 is 38.9 Å². The van der Waals surface area contributed by atoms with Crippen molar-refractivity contribution in [1.82, 2.24) is 9.62 Å². The maximum atomic E-state index is 14.0. The van der Waals surface area contributed by atoms with Gasteiger partial charge in [-0.2, -0.15) is 0 Å². The van der Waals surface area contributed by atoms with Crippen LogP contribution in [0.1, 0.15) is 64.4 Å². The first-order chi connectivity index (χ1) is 19.4. The molecule has 40 heavy (non-hydrogen) atoms. The van der Waals surface area contributed by atoms with E-state index in [-0.39, 0.29) is 22.6 Å². The maximum Gasteiger partial charge on any atom is 0.264 e. The summed E-state index contributed by atoms with van der Waals surface area (Å²) in [7, 11) is -0.549.